The van der Waals surface area contributed by atoms with E-state index in [9.17, 15) is 18.0 Å². The number of ether oxygens (including phenoxy) is 1. The van der Waals surface area contributed by atoms with Crippen molar-refractivity contribution in [3.8, 4) is 5.75 Å². The summed E-state index contributed by atoms with van der Waals surface area (Å²) in [6.07, 6.45) is 2.60. The second-order valence-corrected chi connectivity index (χ2v) is 11.9. The standard InChI is InChI=1S/C27H37Cl2N3O5S/c1-6-19(3)30-27(34)24(7-2)31(18-20-10-12-21(28)13-11-20)26(33)9-8-16-32(38(5,35)36)22-14-15-25(37-4)23(29)17-22/h10-15,17,19,24H,6-9,16,18H2,1-5H3,(H,30,34)/t19-,24-/m0/s1. The van der Waals surface area contributed by atoms with Gasteiger partial charge in [0.1, 0.15) is 11.8 Å². The molecule has 0 spiro atoms. The van der Waals surface area contributed by atoms with E-state index in [1.807, 2.05) is 32.9 Å². The minimum absolute atomic E-state index is 0.0244. The molecule has 0 saturated heterocycles. The zero-order chi connectivity index (χ0) is 28.5. The maximum Gasteiger partial charge on any atom is 0.243 e. The number of hydrogen-bond acceptors (Lipinski definition) is 5. The van der Waals surface area contributed by atoms with Gasteiger partial charge in [-0.3, -0.25) is 13.9 Å². The van der Waals surface area contributed by atoms with E-state index in [4.69, 9.17) is 27.9 Å². The summed E-state index contributed by atoms with van der Waals surface area (Å²) in [5.74, 6) is -0.0275. The number of benzene rings is 2. The first-order chi connectivity index (χ1) is 17.9. The molecule has 38 heavy (non-hydrogen) atoms. The normalized spacial score (nSPS) is 12.9. The maximum atomic E-state index is 13.5. The van der Waals surface area contributed by atoms with Crippen molar-refractivity contribution in [2.45, 2.75) is 65.1 Å². The lowest BCUT2D eigenvalue weighted by Gasteiger charge is -2.32. The van der Waals surface area contributed by atoms with Gasteiger partial charge in [0.2, 0.25) is 21.8 Å². The van der Waals surface area contributed by atoms with E-state index in [1.165, 1.54) is 17.5 Å². The molecule has 2 aromatic rings. The summed E-state index contributed by atoms with van der Waals surface area (Å²) in [4.78, 5) is 28.1. The number of anilines is 1. The molecule has 0 aromatic heterocycles. The molecule has 0 aliphatic heterocycles. The van der Waals surface area contributed by atoms with Crippen LogP contribution in [0.1, 0.15) is 52.0 Å². The third-order valence-corrected chi connectivity index (χ3v) is 7.97. The van der Waals surface area contributed by atoms with Gasteiger partial charge in [-0.25, -0.2) is 8.42 Å². The monoisotopic (exact) mass is 585 g/mol. The zero-order valence-electron chi connectivity index (χ0n) is 22.5. The third kappa shape index (κ3) is 9.06. The van der Waals surface area contributed by atoms with Crippen molar-refractivity contribution >= 4 is 50.7 Å². The van der Waals surface area contributed by atoms with E-state index in [-0.39, 0.29) is 48.8 Å². The second kappa shape index (κ2) is 14.6. The summed E-state index contributed by atoms with van der Waals surface area (Å²) >= 11 is 12.2. The minimum atomic E-state index is -3.64. The van der Waals surface area contributed by atoms with Crippen molar-refractivity contribution in [3.63, 3.8) is 0 Å². The van der Waals surface area contributed by atoms with Crippen LogP contribution in [-0.2, 0) is 26.2 Å². The number of hydrogen-bond donors (Lipinski definition) is 1. The Balaban J connectivity index is 2.24. The summed E-state index contributed by atoms with van der Waals surface area (Å²) < 4.78 is 31.5. The highest BCUT2D eigenvalue weighted by Gasteiger charge is 2.29. The predicted octanol–water partition coefficient (Wildman–Crippen LogP) is 5.27. The van der Waals surface area contributed by atoms with Gasteiger partial charge in [-0.1, -0.05) is 49.2 Å². The second-order valence-electron chi connectivity index (χ2n) is 9.15. The van der Waals surface area contributed by atoms with Crippen LogP contribution in [-0.4, -0.2) is 57.1 Å². The number of nitrogens with zero attached hydrogens (tertiary/aromatic N) is 2. The number of halogens is 2. The van der Waals surface area contributed by atoms with Crippen LogP contribution in [0.3, 0.4) is 0 Å². The third-order valence-electron chi connectivity index (χ3n) is 6.23. The average Bonchev–Trinajstić information content (AvgIpc) is 2.86. The van der Waals surface area contributed by atoms with Gasteiger partial charge in [-0.2, -0.15) is 0 Å². The van der Waals surface area contributed by atoms with Gasteiger partial charge in [0, 0.05) is 30.6 Å². The summed E-state index contributed by atoms with van der Waals surface area (Å²) in [5.41, 5.74) is 1.21. The molecule has 2 rings (SSSR count). The topological polar surface area (TPSA) is 96.0 Å². The fraction of sp³-hybridized carbons (Fsp3) is 0.481. The SMILES string of the molecule is CC[C@H](C)NC(=O)[C@H](CC)N(Cc1ccc(Cl)cc1)C(=O)CCCN(c1ccc(OC)c(Cl)c1)S(C)(=O)=O. The van der Waals surface area contributed by atoms with Crippen molar-refractivity contribution in [3.05, 3.63) is 58.1 Å². The Morgan fingerprint density at radius 1 is 1.05 bits per heavy atom. The number of amides is 2. The van der Waals surface area contributed by atoms with Gasteiger partial charge >= 0.3 is 0 Å². The molecule has 0 aliphatic carbocycles. The number of methoxy groups -OCH3 is 1. The molecular weight excluding hydrogens is 549 g/mol. The van der Waals surface area contributed by atoms with Crippen molar-refractivity contribution < 1.29 is 22.7 Å². The van der Waals surface area contributed by atoms with Crippen LogP contribution in [0.25, 0.3) is 0 Å². The highest BCUT2D eigenvalue weighted by molar-refractivity contribution is 7.92. The largest absolute Gasteiger partial charge is 0.495 e. The fourth-order valence-corrected chi connectivity index (χ4v) is 5.30. The Kier molecular flexibility index (Phi) is 12.2. The minimum Gasteiger partial charge on any atom is -0.495 e. The van der Waals surface area contributed by atoms with Gasteiger partial charge in [-0.05, 0) is 62.1 Å². The number of rotatable bonds is 14. The quantitative estimate of drug-likeness (QED) is 0.326. The fourth-order valence-electron chi connectivity index (χ4n) is 3.96. The van der Waals surface area contributed by atoms with Crippen molar-refractivity contribution in [2.24, 2.45) is 0 Å². The van der Waals surface area contributed by atoms with E-state index in [0.717, 1.165) is 18.2 Å². The van der Waals surface area contributed by atoms with Crippen LogP contribution < -0.4 is 14.4 Å². The molecule has 0 fully saturated rings. The lowest BCUT2D eigenvalue weighted by molar-refractivity contribution is -0.141. The molecule has 2 amide bonds. The number of sulfonamides is 1. The van der Waals surface area contributed by atoms with Crippen LogP contribution >= 0.6 is 23.2 Å². The summed E-state index contributed by atoms with van der Waals surface area (Å²) in [6.45, 7) is 6.05. The van der Waals surface area contributed by atoms with E-state index in [1.54, 1.807) is 29.2 Å². The van der Waals surface area contributed by atoms with Crippen molar-refractivity contribution in [2.75, 3.05) is 24.2 Å². The Morgan fingerprint density at radius 3 is 2.24 bits per heavy atom. The number of nitrogens with one attached hydrogen (secondary N) is 1. The molecule has 0 aliphatic rings. The van der Waals surface area contributed by atoms with Crippen molar-refractivity contribution in [1.29, 1.82) is 0 Å². The first-order valence-corrected chi connectivity index (χ1v) is 15.2. The van der Waals surface area contributed by atoms with Crippen LogP contribution in [0.2, 0.25) is 10.0 Å². The molecule has 0 radical (unpaired) electrons. The predicted molar refractivity (Wildman–Crippen MR) is 153 cm³/mol. The molecule has 2 aromatic carbocycles. The van der Waals surface area contributed by atoms with Gasteiger partial charge < -0.3 is 15.0 Å². The Bertz CT molecular complexity index is 1190. The Labute approximate surface area is 236 Å². The van der Waals surface area contributed by atoms with Gasteiger partial charge in [0.15, 0.2) is 0 Å². The highest BCUT2D eigenvalue weighted by atomic mass is 35.5. The molecule has 0 unspecified atom stereocenters. The number of carbonyl (C=O) groups is 2. The highest BCUT2D eigenvalue weighted by Crippen LogP contribution is 2.30. The molecule has 0 bridgehead atoms. The summed E-state index contributed by atoms with van der Waals surface area (Å²) in [6, 6.07) is 11.1. The van der Waals surface area contributed by atoms with Crippen LogP contribution in [0.5, 0.6) is 5.75 Å². The molecule has 0 saturated carbocycles. The van der Waals surface area contributed by atoms with Gasteiger partial charge in [0.05, 0.1) is 24.1 Å². The smallest absolute Gasteiger partial charge is 0.243 e. The van der Waals surface area contributed by atoms with Crippen molar-refractivity contribution in [1.82, 2.24) is 10.2 Å². The van der Waals surface area contributed by atoms with Crippen LogP contribution in [0.4, 0.5) is 5.69 Å². The first-order valence-electron chi connectivity index (χ1n) is 12.6. The Morgan fingerprint density at radius 2 is 1.71 bits per heavy atom. The average molecular weight is 587 g/mol. The van der Waals surface area contributed by atoms with Gasteiger partial charge in [0.25, 0.3) is 0 Å². The molecular formula is C27H37Cl2N3O5S. The molecule has 8 nitrogen and oxygen atoms in total. The summed E-state index contributed by atoms with van der Waals surface area (Å²) in [5, 5.41) is 3.83. The van der Waals surface area contributed by atoms with Crippen LogP contribution in [0.15, 0.2) is 42.5 Å². The molecule has 11 heteroatoms. The zero-order valence-corrected chi connectivity index (χ0v) is 24.9. The van der Waals surface area contributed by atoms with E-state index in [0.29, 0.717) is 22.9 Å². The number of carbonyl (C=O) groups excluding carboxylic acids is 2. The molecule has 1 N–H and O–H groups in total. The first kappa shape index (κ1) is 31.7. The lowest BCUT2D eigenvalue weighted by atomic mass is 10.1. The lowest BCUT2D eigenvalue weighted by Crippen LogP contribution is -2.50. The van der Waals surface area contributed by atoms with E-state index >= 15 is 0 Å². The molecule has 0 heterocycles. The molecule has 2 atom stereocenters. The Hall–Kier alpha value is -2.49. The van der Waals surface area contributed by atoms with Gasteiger partial charge in [-0.15, -0.1) is 0 Å². The maximum absolute atomic E-state index is 13.5. The molecule has 210 valence electrons. The van der Waals surface area contributed by atoms with E-state index in [2.05, 4.69) is 5.32 Å². The van der Waals surface area contributed by atoms with E-state index < -0.39 is 16.1 Å². The summed E-state index contributed by atoms with van der Waals surface area (Å²) in [7, 11) is -2.17. The van der Waals surface area contributed by atoms with Crippen LogP contribution in [0, 0.1) is 0 Å².